The van der Waals surface area contributed by atoms with Crippen LogP contribution >= 0.6 is 0 Å². The summed E-state index contributed by atoms with van der Waals surface area (Å²) in [6.45, 7) is 8.23. The van der Waals surface area contributed by atoms with Gasteiger partial charge in [0.1, 0.15) is 23.8 Å². The van der Waals surface area contributed by atoms with Crippen molar-refractivity contribution in [1.29, 1.82) is 0 Å². The van der Waals surface area contributed by atoms with Gasteiger partial charge in [-0.2, -0.15) is 0 Å². The molecule has 2 aromatic rings. The Labute approximate surface area is 113 Å². The van der Waals surface area contributed by atoms with E-state index in [2.05, 4.69) is 36.5 Å². The first kappa shape index (κ1) is 13.6. The monoisotopic (exact) mass is 260 g/mol. The summed E-state index contributed by atoms with van der Waals surface area (Å²) in [4.78, 5) is 0. The van der Waals surface area contributed by atoms with Crippen LogP contribution in [-0.4, -0.2) is 11.7 Å². The largest absolute Gasteiger partial charge is 0.487 e. The van der Waals surface area contributed by atoms with Crippen molar-refractivity contribution in [2.24, 2.45) is 0 Å². The number of hydrogen-bond acceptors (Lipinski definition) is 4. The van der Waals surface area contributed by atoms with E-state index in [0.717, 1.165) is 30.3 Å². The second-order valence-electron chi connectivity index (χ2n) is 4.61. The summed E-state index contributed by atoms with van der Waals surface area (Å²) in [5.74, 6) is 1.70. The zero-order valence-corrected chi connectivity index (χ0v) is 11.7. The van der Waals surface area contributed by atoms with Crippen molar-refractivity contribution < 1.29 is 9.26 Å². The topological polar surface area (TPSA) is 47.3 Å². The molecule has 19 heavy (non-hydrogen) atoms. The maximum Gasteiger partial charge on any atom is 0.134 e. The van der Waals surface area contributed by atoms with Gasteiger partial charge in [0.05, 0.1) is 0 Å². The Morgan fingerprint density at radius 3 is 2.79 bits per heavy atom. The number of aromatic nitrogens is 1. The molecule has 0 saturated carbocycles. The van der Waals surface area contributed by atoms with Crippen molar-refractivity contribution in [3.63, 3.8) is 0 Å². The van der Waals surface area contributed by atoms with Crippen LogP contribution in [0, 0.1) is 13.8 Å². The maximum absolute atomic E-state index is 5.83. The zero-order valence-electron chi connectivity index (χ0n) is 11.7. The Balaban J connectivity index is 2.05. The smallest absolute Gasteiger partial charge is 0.134 e. The third-order valence-electron chi connectivity index (χ3n) is 2.83. The van der Waals surface area contributed by atoms with Crippen molar-refractivity contribution >= 4 is 0 Å². The van der Waals surface area contributed by atoms with Crippen molar-refractivity contribution in [1.82, 2.24) is 10.5 Å². The Kier molecular flexibility index (Phi) is 4.58. The molecule has 102 valence electrons. The molecule has 0 amide bonds. The first-order chi connectivity index (χ1) is 9.19. The molecule has 4 heteroatoms. The highest BCUT2D eigenvalue weighted by Gasteiger charge is 2.06. The Hall–Kier alpha value is -1.81. The summed E-state index contributed by atoms with van der Waals surface area (Å²) >= 11 is 0. The molecule has 2 rings (SSSR count). The fourth-order valence-corrected chi connectivity index (χ4v) is 1.88. The standard InChI is InChI=1S/C15H20N2O2/c1-4-16-9-13-7-11(2)5-6-15(13)18-10-14-8-12(3)19-17-14/h5-8,16H,4,9-10H2,1-3H3. The van der Waals surface area contributed by atoms with E-state index in [1.54, 1.807) is 0 Å². The van der Waals surface area contributed by atoms with Crippen molar-refractivity contribution in [3.8, 4) is 5.75 Å². The first-order valence-electron chi connectivity index (χ1n) is 6.54. The highest BCUT2D eigenvalue weighted by Crippen LogP contribution is 2.21. The minimum Gasteiger partial charge on any atom is -0.487 e. The van der Waals surface area contributed by atoms with Crippen molar-refractivity contribution in [3.05, 3.63) is 46.8 Å². The van der Waals surface area contributed by atoms with Gasteiger partial charge in [-0.15, -0.1) is 0 Å². The lowest BCUT2D eigenvalue weighted by Gasteiger charge is -2.11. The first-order valence-corrected chi connectivity index (χ1v) is 6.54. The number of ether oxygens (including phenoxy) is 1. The minimum atomic E-state index is 0.430. The van der Waals surface area contributed by atoms with E-state index >= 15 is 0 Å². The normalized spacial score (nSPS) is 10.7. The van der Waals surface area contributed by atoms with Gasteiger partial charge < -0.3 is 14.6 Å². The summed E-state index contributed by atoms with van der Waals surface area (Å²) in [5, 5.41) is 7.24. The average molecular weight is 260 g/mol. The second-order valence-corrected chi connectivity index (χ2v) is 4.61. The Morgan fingerprint density at radius 1 is 1.26 bits per heavy atom. The van der Waals surface area contributed by atoms with Gasteiger partial charge in [0.2, 0.25) is 0 Å². The molecule has 0 saturated heterocycles. The molecular formula is C15H20N2O2. The van der Waals surface area contributed by atoms with Crippen LogP contribution in [0.1, 0.15) is 29.5 Å². The molecule has 0 aliphatic heterocycles. The lowest BCUT2D eigenvalue weighted by molar-refractivity contribution is 0.284. The number of nitrogens with one attached hydrogen (secondary N) is 1. The van der Waals surface area contributed by atoms with Crippen molar-refractivity contribution in [2.45, 2.75) is 33.9 Å². The highest BCUT2D eigenvalue weighted by atomic mass is 16.5. The van der Waals surface area contributed by atoms with Gasteiger partial charge in [-0.3, -0.25) is 0 Å². The lowest BCUT2D eigenvalue weighted by Crippen LogP contribution is -2.13. The number of rotatable bonds is 6. The Morgan fingerprint density at radius 2 is 2.11 bits per heavy atom. The van der Waals surface area contributed by atoms with Gasteiger partial charge in [0.25, 0.3) is 0 Å². The van der Waals surface area contributed by atoms with E-state index in [1.165, 1.54) is 11.1 Å². The molecule has 0 bridgehead atoms. The average Bonchev–Trinajstić information content (AvgIpc) is 2.81. The van der Waals surface area contributed by atoms with E-state index in [1.807, 2.05) is 19.1 Å². The molecule has 0 spiro atoms. The summed E-state index contributed by atoms with van der Waals surface area (Å²) in [5.41, 5.74) is 3.21. The van der Waals surface area contributed by atoms with Crippen LogP contribution in [0.5, 0.6) is 5.75 Å². The number of aryl methyl sites for hydroxylation is 2. The van der Waals surface area contributed by atoms with Crippen LogP contribution in [0.25, 0.3) is 0 Å². The predicted octanol–water partition coefficient (Wildman–Crippen LogP) is 2.98. The molecular weight excluding hydrogens is 240 g/mol. The maximum atomic E-state index is 5.83. The van der Waals surface area contributed by atoms with Crippen LogP contribution in [0.2, 0.25) is 0 Å². The van der Waals surface area contributed by atoms with Gasteiger partial charge in [-0.05, 0) is 26.5 Å². The minimum absolute atomic E-state index is 0.430. The zero-order chi connectivity index (χ0) is 13.7. The van der Waals surface area contributed by atoms with Gasteiger partial charge in [-0.25, -0.2) is 0 Å². The predicted molar refractivity (Wildman–Crippen MR) is 74.1 cm³/mol. The van der Waals surface area contributed by atoms with E-state index < -0.39 is 0 Å². The van der Waals surface area contributed by atoms with E-state index in [9.17, 15) is 0 Å². The third kappa shape index (κ3) is 3.83. The van der Waals surface area contributed by atoms with Gasteiger partial charge in [-0.1, -0.05) is 29.8 Å². The fourth-order valence-electron chi connectivity index (χ4n) is 1.88. The molecule has 0 fully saturated rings. The van der Waals surface area contributed by atoms with Crippen LogP contribution in [-0.2, 0) is 13.2 Å². The highest BCUT2D eigenvalue weighted by molar-refractivity contribution is 5.37. The van der Waals surface area contributed by atoms with Gasteiger partial charge in [0.15, 0.2) is 0 Å². The van der Waals surface area contributed by atoms with Crippen LogP contribution < -0.4 is 10.1 Å². The van der Waals surface area contributed by atoms with Crippen LogP contribution in [0.4, 0.5) is 0 Å². The Bertz CT molecular complexity index is 535. The summed E-state index contributed by atoms with van der Waals surface area (Å²) in [7, 11) is 0. The quantitative estimate of drug-likeness (QED) is 0.867. The lowest BCUT2D eigenvalue weighted by atomic mass is 10.1. The molecule has 1 aromatic carbocycles. The van der Waals surface area contributed by atoms with E-state index in [4.69, 9.17) is 9.26 Å². The third-order valence-corrected chi connectivity index (χ3v) is 2.83. The molecule has 0 aliphatic rings. The number of nitrogens with zero attached hydrogens (tertiary/aromatic N) is 1. The molecule has 1 aromatic heterocycles. The molecule has 0 unspecified atom stereocenters. The number of hydrogen-bond donors (Lipinski definition) is 1. The molecule has 0 aliphatic carbocycles. The summed E-state index contributed by atoms with van der Waals surface area (Å²) < 4.78 is 10.9. The van der Waals surface area contributed by atoms with Crippen LogP contribution in [0.3, 0.4) is 0 Å². The van der Waals surface area contributed by atoms with Gasteiger partial charge >= 0.3 is 0 Å². The van der Waals surface area contributed by atoms with Crippen LogP contribution in [0.15, 0.2) is 28.8 Å². The second kappa shape index (κ2) is 6.38. The molecule has 1 heterocycles. The number of benzene rings is 1. The van der Waals surface area contributed by atoms with E-state index in [-0.39, 0.29) is 0 Å². The fraction of sp³-hybridized carbons (Fsp3) is 0.400. The molecule has 1 N–H and O–H groups in total. The summed E-state index contributed by atoms with van der Waals surface area (Å²) in [6, 6.07) is 8.10. The molecule has 4 nitrogen and oxygen atoms in total. The van der Waals surface area contributed by atoms with Crippen molar-refractivity contribution in [2.75, 3.05) is 6.54 Å². The SMILES string of the molecule is CCNCc1cc(C)ccc1OCc1cc(C)on1. The molecule has 0 radical (unpaired) electrons. The van der Waals surface area contributed by atoms with Gasteiger partial charge in [0, 0.05) is 18.2 Å². The molecule has 0 atom stereocenters. The van der Waals surface area contributed by atoms with E-state index in [0.29, 0.717) is 6.61 Å². The summed E-state index contributed by atoms with van der Waals surface area (Å²) in [6.07, 6.45) is 0.